The SMILES string of the molecule is CCC1(CC)CCN(C(=O)c2cc(Cl)ccn2)CC1. The third-order valence-corrected chi connectivity index (χ3v) is 4.79. The van der Waals surface area contributed by atoms with Crippen molar-refractivity contribution >= 4 is 17.5 Å². The van der Waals surface area contributed by atoms with Gasteiger partial charge in [-0.2, -0.15) is 0 Å². The molecule has 1 fully saturated rings. The molecule has 0 bridgehead atoms. The van der Waals surface area contributed by atoms with Gasteiger partial charge in [0.05, 0.1) is 0 Å². The van der Waals surface area contributed by atoms with Crippen LogP contribution in [-0.4, -0.2) is 28.9 Å². The maximum absolute atomic E-state index is 12.3. The van der Waals surface area contributed by atoms with Crippen LogP contribution in [0.2, 0.25) is 5.02 Å². The molecule has 0 radical (unpaired) electrons. The Morgan fingerprint density at radius 1 is 1.37 bits per heavy atom. The van der Waals surface area contributed by atoms with Crippen molar-refractivity contribution in [2.75, 3.05) is 13.1 Å². The number of carbonyl (C=O) groups is 1. The lowest BCUT2D eigenvalue weighted by molar-refractivity contribution is 0.0552. The van der Waals surface area contributed by atoms with Gasteiger partial charge in [0.2, 0.25) is 0 Å². The molecule has 2 heterocycles. The quantitative estimate of drug-likeness (QED) is 0.844. The predicted molar refractivity (Wildman–Crippen MR) is 77.4 cm³/mol. The molecule has 1 saturated heterocycles. The molecule has 0 aliphatic carbocycles. The van der Waals surface area contributed by atoms with Crippen LogP contribution in [0.25, 0.3) is 0 Å². The molecule has 1 aromatic heterocycles. The highest BCUT2D eigenvalue weighted by Gasteiger charge is 2.33. The molecule has 0 aromatic carbocycles. The van der Waals surface area contributed by atoms with E-state index in [1.807, 2.05) is 4.90 Å². The first kappa shape index (κ1) is 14.3. The molecule has 19 heavy (non-hydrogen) atoms. The normalized spacial score (nSPS) is 18.4. The van der Waals surface area contributed by atoms with Gasteiger partial charge in [-0.1, -0.05) is 38.3 Å². The molecule has 0 atom stereocenters. The number of hydrogen-bond acceptors (Lipinski definition) is 2. The third kappa shape index (κ3) is 3.08. The van der Waals surface area contributed by atoms with Crippen molar-refractivity contribution < 1.29 is 4.79 Å². The van der Waals surface area contributed by atoms with E-state index in [2.05, 4.69) is 18.8 Å². The molecule has 1 amide bonds. The van der Waals surface area contributed by atoms with E-state index in [4.69, 9.17) is 11.6 Å². The van der Waals surface area contributed by atoms with Crippen molar-refractivity contribution in [2.45, 2.75) is 39.5 Å². The molecule has 1 aliphatic heterocycles. The lowest BCUT2D eigenvalue weighted by atomic mass is 9.74. The van der Waals surface area contributed by atoms with Gasteiger partial charge in [-0.3, -0.25) is 9.78 Å². The van der Waals surface area contributed by atoms with E-state index < -0.39 is 0 Å². The molecular formula is C15H21ClN2O. The molecule has 0 saturated carbocycles. The van der Waals surface area contributed by atoms with Gasteiger partial charge in [0, 0.05) is 24.3 Å². The Labute approximate surface area is 120 Å². The highest BCUT2D eigenvalue weighted by atomic mass is 35.5. The van der Waals surface area contributed by atoms with E-state index in [1.54, 1.807) is 18.3 Å². The summed E-state index contributed by atoms with van der Waals surface area (Å²) >= 11 is 5.91. The van der Waals surface area contributed by atoms with E-state index in [-0.39, 0.29) is 5.91 Å². The van der Waals surface area contributed by atoms with E-state index >= 15 is 0 Å². The van der Waals surface area contributed by atoms with Crippen LogP contribution in [0.5, 0.6) is 0 Å². The third-order valence-electron chi connectivity index (χ3n) is 4.55. The minimum atomic E-state index is 0.00306. The van der Waals surface area contributed by atoms with Crippen LogP contribution in [0, 0.1) is 5.41 Å². The average Bonchev–Trinajstić information content (AvgIpc) is 2.46. The summed E-state index contributed by atoms with van der Waals surface area (Å²) in [4.78, 5) is 18.4. The number of aromatic nitrogens is 1. The van der Waals surface area contributed by atoms with E-state index in [0.29, 0.717) is 16.1 Å². The van der Waals surface area contributed by atoms with Crippen LogP contribution >= 0.6 is 11.6 Å². The zero-order chi connectivity index (χ0) is 13.9. The van der Waals surface area contributed by atoms with Gasteiger partial charge in [-0.25, -0.2) is 0 Å². The summed E-state index contributed by atoms with van der Waals surface area (Å²) < 4.78 is 0. The zero-order valence-corrected chi connectivity index (χ0v) is 12.4. The summed E-state index contributed by atoms with van der Waals surface area (Å²) in [5, 5.41) is 0.562. The molecule has 2 rings (SSSR count). The Bertz CT molecular complexity index is 447. The fraction of sp³-hybridized carbons (Fsp3) is 0.600. The smallest absolute Gasteiger partial charge is 0.272 e. The maximum Gasteiger partial charge on any atom is 0.272 e. The summed E-state index contributed by atoms with van der Waals surface area (Å²) in [6.45, 7) is 6.16. The molecule has 0 unspecified atom stereocenters. The van der Waals surface area contributed by atoms with Gasteiger partial charge in [-0.05, 0) is 30.4 Å². The molecular weight excluding hydrogens is 260 g/mol. The fourth-order valence-electron chi connectivity index (χ4n) is 2.82. The Hall–Kier alpha value is -1.09. The molecule has 1 aromatic rings. The van der Waals surface area contributed by atoms with Gasteiger partial charge >= 0.3 is 0 Å². The van der Waals surface area contributed by atoms with Crippen LogP contribution in [0.3, 0.4) is 0 Å². The number of halogens is 1. The number of rotatable bonds is 3. The summed E-state index contributed by atoms with van der Waals surface area (Å²) in [5.74, 6) is 0.00306. The maximum atomic E-state index is 12.3. The van der Waals surface area contributed by atoms with Crippen LogP contribution in [0.4, 0.5) is 0 Å². The van der Waals surface area contributed by atoms with Gasteiger partial charge in [0.1, 0.15) is 5.69 Å². The van der Waals surface area contributed by atoms with Gasteiger partial charge in [0.25, 0.3) is 5.91 Å². The van der Waals surface area contributed by atoms with Crippen molar-refractivity contribution in [1.29, 1.82) is 0 Å². The second kappa shape index (κ2) is 5.91. The van der Waals surface area contributed by atoms with Crippen molar-refractivity contribution in [1.82, 2.24) is 9.88 Å². The molecule has 0 spiro atoms. The highest BCUT2D eigenvalue weighted by molar-refractivity contribution is 6.30. The number of piperidine rings is 1. The summed E-state index contributed by atoms with van der Waals surface area (Å²) in [6.07, 6.45) is 6.16. The predicted octanol–water partition coefficient (Wildman–Crippen LogP) is 3.78. The van der Waals surface area contributed by atoms with Crippen molar-refractivity contribution in [3.8, 4) is 0 Å². The molecule has 0 N–H and O–H groups in total. The average molecular weight is 281 g/mol. The molecule has 4 heteroatoms. The number of carbonyl (C=O) groups excluding carboxylic acids is 1. The van der Waals surface area contributed by atoms with Crippen LogP contribution in [-0.2, 0) is 0 Å². The van der Waals surface area contributed by atoms with Gasteiger partial charge in [-0.15, -0.1) is 0 Å². The first-order valence-electron chi connectivity index (χ1n) is 7.01. The molecule has 3 nitrogen and oxygen atoms in total. The fourth-order valence-corrected chi connectivity index (χ4v) is 2.98. The lowest BCUT2D eigenvalue weighted by Crippen LogP contribution is -2.43. The van der Waals surface area contributed by atoms with E-state index in [9.17, 15) is 4.79 Å². The Balaban J connectivity index is 2.04. The second-order valence-corrected chi connectivity index (χ2v) is 5.80. The van der Waals surface area contributed by atoms with Crippen molar-refractivity contribution in [3.63, 3.8) is 0 Å². The zero-order valence-electron chi connectivity index (χ0n) is 11.7. The molecule has 1 aliphatic rings. The van der Waals surface area contributed by atoms with Crippen LogP contribution < -0.4 is 0 Å². The lowest BCUT2D eigenvalue weighted by Gasteiger charge is -2.40. The first-order valence-corrected chi connectivity index (χ1v) is 7.39. The second-order valence-electron chi connectivity index (χ2n) is 5.36. The highest BCUT2D eigenvalue weighted by Crippen LogP contribution is 2.38. The van der Waals surface area contributed by atoms with Gasteiger partial charge < -0.3 is 4.90 Å². The summed E-state index contributed by atoms with van der Waals surface area (Å²) in [7, 11) is 0. The van der Waals surface area contributed by atoms with Gasteiger partial charge in [0.15, 0.2) is 0 Å². The number of likely N-dealkylation sites (tertiary alicyclic amines) is 1. The Morgan fingerprint density at radius 3 is 2.53 bits per heavy atom. The topological polar surface area (TPSA) is 33.2 Å². The Kier molecular flexibility index (Phi) is 4.46. The number of amides is 1. The molecule has 104 valence electrons. The van der Waals surface area contributed by atoms with Crippen LogP contribution in [0.1, 0.15) is 50.0 Å². The number of pyridine rings is 1. The standard InChI is InChI=1S/C15H21ClN2O/c1-3-15(4-2)6-9-18(10-7-15)14(19)13-11-12(16)5-8-17-13/h5,8,11H,3-4,6-7,9-10H2,1-2H3. The number of nitrogens with zero attached hydrogens (tertiary/aromatic N) is 2. The first-order chi connectivity index (χ1) is 9.10. The van der Waals surface area contributed by atoms with Crippen molar-refractivity contribution in [2.24, 2.45) is 5.41 Å². The number of hydrogen-bond donors (Lipinski definition) is 0. The minimum Gasteiger partial charge on any atom is -0.337 e. The van der Waals surface area contributed by atoms with Crippen LogP contribution in [0.15, 0.2) is 18.3 Å². The van der Waals surface area contributed by atoms with E-state index in [1.165, 1.54) is 12.8 Å². The van der Waals surface area contributed by atoms with E-state index in [0.717, 1.165) is 25.9 Å². The monoisotopic (exact) mass is 280 g/mol. The summed E-state index contributed by atoms with van der Waals surface area (Å²) in [6, 6.07) is 3.33. The largest absolute Gasteiger partial charge is 0.337 e. The Morgan fingerprint density at radius 2 is 2.00 bits per heavy atom. The summed E-state index contributed by atoms with van der Waals surface area (Å²) in [5.41, 5.74) is 0.881. The van der Waals surface area contributed by atoms with Crippen molar-refractivity contribution in [3.05, 3.63) is 29.0 Å². The minimum absolute atomic E-state index is 0.00306.